The highest BCUT2D eigenvalue weighted by Crippen LogP contribution is 2.36. The number of hydrogen-bond acceptors (Lipinski definition) is 4. The third-order valence-corrected chi connectivity index (χ3v) is 4.73. The van der Waals surface area contributed by atoms with Crippen LogP contribution >= 0.6 is 0 Å². The Labute approximate surface area is 191 Å². The predicted molar refractivity (Wildman–Crippen MR) is 113 cm³/mol. The number of benzene rings is 2. The molecule has 0 radical (unpaired) electrons. The fourth-order valence-electron chi connectivity index (χ4n) is 3.14. The van der Waals surface area contributed by atoms with Crippen LogP contribution in [-0.2, 0) is 20.8 Å². The molecule has 1 aliphatic rings. The van der Waals surface area contributed by atoms with Crippen LogP contribution in [0.5, 0.6) is 0 Å². The van der Waals surface area contributed by atoms with Crippen LogP contribution < -0.4 is 16.0 Å². The summed E-state index contributed by atoms with van der Waals surface area (Å²) < 4.78 is 59.0. The van der Waals surface area contributed by atoms with Crippen molar-refractivity contribution < 1.29 is 41.4 Å². The molecule has 0 atom stereocenters. The molecule has 2 aromatic carbocycles. The molecule has 0 aromatic heterocycles. The summed E-state index contributed by atoms with van der Waals surface area (Å²) in [6.07, 6.45) is -6.30. The summed E-state index contributed by atoms with van der Waals surface area (Å²) in [4.78, 5) is 34.6. The number of nitrogens with two attached hydrogens (primary N) is 1. The van der Waals surface area contributed by atoms with E-state index < -0.39 is 36.9 Å². The molecule has 34 heavy (non-hydrogen) atoms. The Morgan fingerprint density at radius 3 is 2.18 bits per heavy atom. The lowest BCUT2D eigenvalue weighted by Gasteiger charge is -2.21. The van der Waals surface area contributed by atoms with E-state index in [4.69, 9.17) is 0 Å². The highest BCUT2D eigenvalue weighted by atomic mass is 19.4. The van der Waals surface area contributed by atoms with Crippen LogP contribution in [0.2, 0.25) is 0 Å². The van der Waals surface area contributed by atoms with Gasteiger partial charge in [0.15, 0.2) is 0 Å². The number of fused-ring (bicyclic) bond motifs is 3. The summed E-state index contributed by atoms with van der Waals surface area (Å²) in [5.74, 6) is -7.40. The molecule has 0 aliphatic carbocycles. The Hall–Kier alpha value is -3.54. The number of carbonyl (C=O) groups is 3. The fourth-order valence-corrected chi connectivity index (χ4v) is 3.14. The molecule has 3 amide bonds. The number of amides is 3. The topological polar surface area (TPSA) is 113 Å². The molecular formula is C22H22F5N3O4. The lowest BCUT2D eigenvalue weighted by atomic mass is 9.98. The average Bonchev–Trinajstić information content (AvgIpc) is 2.87. The van der Waals surface area contributed by atoms with Gasteiger partial charge in [0.05, 0.1) is 25.3 Å². The Bertz CT molecular complexity index is 1040. The quantitative estimate of drug-likeness (QED) is 0.429. The van der Waals surface area contributed by atoms with Crippen LogP contribution in [0.15, 0.2) is 48.5 Å². The smallest absolute Gasteiger partial charge is 0.395 e. The van der Waals surface area contributed by atoms with Gasteiger partial charge < -0.3 is 21.1 Å². The number of aliphatic hydroxyl groups is 1. The third-order valence-electron chi connectivity index (χ3n) is 4.73. The molecule has 3 rings (SSSR count). The molecule has 1 heterocycles. The highest BCUT2D eigenvalue weighted by molar-refractivity contribution is 6.02. The predicted octanol–water partition coefficient (Wildman–Crippen LogP) is 2.41. The molecule has 0 saturated carbocycles. The van der Waals surface area contributed by atoms with Crippen LogP contribution in [-0.4, -0.2) is 54.6 Å². The van der Waals surface area contributed by atoms with Crippen LogP contribution in [0.25, 0.3) is 11.1 Å². The number of carbonyl (C=O) groups excluding carboxylic acids is 3. The Morgan fingerprint density at radius 1 is 1.00 bits per heavy atom. The first-order chi connectivity index (χ1) is 15.9. The fraction of sp³-hybridized carbons (Fsp3) is 0.318. The molecule has 7 nitrogen and oxygen atoms in total. The van der Waals surface area contributed by atoms with Crippen LogP contribution in [0.1, 0.15) is 12.0 Å². The van der Waals surface area contributed by atoms with Gasteiger partial charge in [-0.05, 0) is 17.2 Å². The number of aliphatic hydroxyl groups excluding tert-OH is 1. The van der Waals surface area contributed by atoms with Gasteiger partial charge in [-0.15, -0.1) is 0 Å². The number of para-hydroxylation sites is 1. The van der Waals surface area contributed by atoms with Gasteiger partial charge in [-0.2, -0.15) is 22.0 Å². The molecular weight excluding hydrogens is 465 g/mol. The standard InChI is InChI=1S/C16H15NO2.C6H7F5N2O2/c18-10-9-17-15-8-4-3-7-14(15)13-6-2-1-5-12(13)11-16(17)19;7-5(8,6(9,10)11)2-13-4(15)1-3(12)14/h1-8,18H,9-11H2;1-2H2,(H2,12,14)(H,13,15). The maximum absolute atomic E-state index is 12.3. The van der Waals surface area contributed by atoms with Gasteiger partial charge in [-0.1, -0.05) is 42.5 Å². The molecule has 4 N–H and O–H groups in total. The van der Waals surface area contributed by atoms with E-state index in [0.29, 0.717) is 13.0 Å². The van der Waals surface area contributed by atoms with Crippen LogP contribution in [0.4, 0.5) is 27.6 Å². The monoisotopic (exact) mass is 487 g/mol. The summed E-state index contributed by atoms with van der Waals surface area (Å²) in [6.45, 7) is -1.61. The van der Waals surface area contributed by atoms with E-state index in [1.165, 1.54) is 5.32 Å². The zero-order chi connectivity index (χ0) is 25.5. The first-order valence-corrected chi connectivity index (χ1v) is 9.95. The largest absolute Gasteiger partial charge is 0.455 e. The normalized spacial score (nSPS) is 13.1. The second-order valence-corrected chi connectivity index (χ2v) is 7.24. The van der Waals surface area contributed by atoms with Gasteiger partial charge in [-0.25, -0.2) is 0 Å². The summed E-state index contributed by atoms with van der Waals surface area (Å²) in [5.41, 5.74) is 8.59. The van der Waals surface area contributed by atoms with Crippen molar-refractivity contribution in [3.8, 4) is 11.1 Å². The maximum atomic E-state index is 12.3. The minimum atomic E-state index is -5.74. The van der Waals surface area contributed by atoms with Crippen molar-refractivity contribution in [2.45, 2.75) is 24.9 Å². The van der Waals surface area contributed by atoms with Crippen molar-refractivity contribution in [1.29, 1.82) is 0 Å². The van der Waals surface area contributed by atoms with Crippen molar-refractivity contribution >= 4 is 23.4 Å². The van der Waals surface area contributed by atoms with E-state index >= 15 is 0 Å². The number of halogens is 5. The van der Waals surface area contributed by atoms with E-state index in [-0.39, 0.29) is 12.5 Å². The second-order valence-electron chi connectivity index (χ2n) is 7.24. The summed E-state index contributed by atoms with van der Waals surface area (Å²) in [6, 6.07) is 15.8. The number of alkyl halides is 5. The number of primary amides is 1. The molecule has 0 spiro atoms. The lowest BCUT2D eigenvalue weighted by Crippen LogP contribution is -2.47. The van der Waals surface area contributed by atoms with Crippen molar-refractivity contribution in [2.75, 3.05) is 24.6 Å². The van der Waals surface area contributed by atoms with Crippen molar-refractivity contribution in [3.63, 3.8) is 0 Å². The first-order valence-electron chi connectivity index (χ1n) is 9.95. The molecule has 0 saturated heterocycles. The Morgan fingerprint density at radius 2 is 1.59 bits per heavy atom. The van der Waals surface area contributed by atoms with E-state index in [1.807, 2.05) is 48.5 Å². The minimum absolute atomic E-state index is 0.0313. The zero-order valence-electron chi connectivity index (χ0n) is 17.7. The molecule has 12 heteroatoms. The molecule has 184 valence electrons. The van der Waals surface area contributed by atoms with Crippen molar-refractivity contribution in [3.05, 3.63) is 54.1 Å². The van der Waals surface area contributed by atoms with E-state index in [2.05, 4.69) is 5.73 Å². The van der Waals surface area contributed by atoms with Gasteiger partial charge in [0, 0.05) is 12.1 Å². The highest BCUT2D eigenvalue weighted by Gasteiger charge is 2.57. The second kappa shape index (κ2) is 11.1. The number of nitrogens with one attached hydrogen (secondary N) is 1. The summed E-state index contributed by atoms with van der Waals surface area (Å²) in [5, 5.41) is 10.4. The summed E-state index contributed by atoms with van der Waals surface area (Å²) in [7, 11) is 0. The molecule has 0 unspecified atom stereocenters. The molecule has 2 aromatic rings. The first kappa shape index (κ1) is 26.7. The number of rotatable bonds is 6. The van der Waals surface area contributed by atoms with Gasteiger partial charge in [0.2, 0.25) is 17.7 Å². The van der Waals surface area contributed by atoms with E-state index in [0.717, 1.165) is 22.4 Å². The SMILES string of the molecule is NC(=O)CC(=O)NCC(F)(F)C(F)(F)F.O=C1Cc2ccccc2-c2ccccc2N1CCO. The zero-order valence-corrected chi connectivity index (χ0v) is 17.7. The van der Waals surface area contributed by atoms with Gasteiger partial charge in [0.25, 0.3) is 0 Å². The third kappa shape index (κ3) is 6.73. The summed E-state index contributed by atoms with van der Waals surface area (Å²) >= 11 is 0. The van der Waals surface area contributed by atoms with E-state index in [1.54, 1.807) is 4.90 Å². The molecule has 0 fully saturated rings. The van der Waals surface area contributed by atoms with Gasteiger partial charge in [0.1, 0.15) is 6.42 Å². The van der Waals surface area contributed by atoms with Crippen LogP contribution in [0, 0.1) is 0 Å². The Balaban J connectivity index is 0.000000249. The Kier molecular flexibility index (Phi) is 8.68. The maximum Gasteiger partial charge on any atom is 0.455 e. The van der Waals surface area contributed by atoms with Gasteiger partial charge >= 0.3 is 12.1 Å². The van der Waals surface area contributed by atoms with Crippen LogP contribution in [0.3, 0.4) is 0 Å². The number of hydrogen-bond donors (Lipinski definition) is 3. The number of nitrogens with zero attached hydrogens (tertiary/aromatic N) is 1. The average molecular weight is 487 g/mol. The molecule has 0 bridgehead atoms. The molecule has 1 aliphatic heterocycles. The minimum Gasteiger partial charge on any atom is -0.395 e. The lowest BCUT2D eigenvalue weighted by molar-refractivity contribution is -0.278. The van der Waals surface area contributed by atoms with Gasteiger partial charge in [-0.3, -0.25) is 14.4 Å². The van der Waals surface area contributed by atoms with Crippen molar-refractivity contribution in [1.82, 2.24) is 5.32 Å². The van der Waals surface area contributed by atoms with Crippen molar-refractivity contribution in [2.24, 2.45) is 5.73 Å². The van der Waals surface area contributed by atoms with E-state index in [9.17, 15) is 41.4 Å². The number of anilines is 1. The number of β-amino-alcohol motifs (C(OH)–C–C–N with tert-alkyl or cyclic N) is 1.